The van der Waals surface area contributed by atoms with E-state index in [2.05, 4.69) is 73.6 Å². The summed E-state index contributed by atoms with van der Waals surface area (Å²) in [6, 6.07) is 4.64. The average Bonchev–Trinajstić information content (AvgIpc) is 2.97. The largest absolute Gasteiger partial charge is 4.00 e. The number of allylic oxidation sites excluding steroid dienone is 5. The van der Waals surface area contributed by atoms with E-state index in [4.69, 9.17) is 0 Å². The van der Waals surface area contributed by atoms with Crippen LogP contribution in [0.1, 0.15) is 80.3 Å². The van der Waals surface area contributed by atoms with Crippen molar-refractivity contribution in [1.82, 2.24) is 0 Å². The van der Waals surface area contributed by atoms with Crippen molar-refractivity contribution in [3.63, 3.8) is 0 Å². The van der Waals surface area contributed by atoms with Crippen molar-refractivity contribution in [1.29, 1.82) is 0 Å². The van der Waals surface area contributed by atoms with Gasteiger partial charge in [0.15, 0.2) is 0 Å². The predicted octanol–water partition coefficient (Wildman–Crippen LogP) is 1.49. The number of hydrogen-bond donors (Lipinski definition) is 0. The summed E-state index contributed by atoms with van der Waals surface area (Å²) in [6.07, 6.45) is 5.02. The first kappa shape index (κ1) is 29.2. The van der Waals surface area contributed by atoms with Crippen LogP contribution >= 0.6 is 0 Å². The quantitative estimate of drug-likeness (QED) is 0.459. The predicted molar refractivity (Wildman–Crippen MR) is 107 cm³/mol. The van der Waals surface area contributed by atoms with Crippen molar-refractivity contribution in [2.75, 3.05) is 0 Å². The summed E-state index contributed by atoms with van der Waals surface area (Å²) in [7, 11) is 0. The molecule has 0 saturated carbocycles. The Morgan fingerprint density at radius 3 is 2.07 bits per heavy atom. The van der Waals surface area contributed by atoms with Crippen molar-refractivity contribution in [3.05, 3.63) is 62.3 Å². The fraction of sp³-hybridized carbons (Fsp3) is 0.500. The molecule has 0 aromatic heterocycles. The Labute approximate surface area is 224 Å². The molecule has 1 aromatic rings. The smallest absolute Gasteiger partial charge is 1.00 e. The second-order valence-corrected chi connectivity index (χ2v) is 12.8. The molecule has 0 heterocycles. The zero-order valence-corrected chi connectivity index (χ0v) is 26.6. The Bertz CT molecular complexity index is 833. The van der Waals surface area contributed by atoms with Gasteiger partial charge in [0.25, 0.3) is 0 Å². The van der Waals surface area contributed by atoms with E-state index in [1.807, 2.05) is 0 Å². The van der Waals surface area contributed by atoms with Crippen LogP contribution in [0.15, 0.2) is 40.0 Å². The average molecular weight is 663 g/mol. The van der Waals surface area contributed by atoms with Crippen molar-refractivity contribution in [2.45, 2.75) is 75.0 Å². The van der Waals surface area contributed by atoms with Crippen LogP contribution in [0.25, 0.3) is 6.08 Å². The molecule has 0 amide bonds. The minimum absolute atomic E-state index is 0. The number of rotatable bonds is 4. The fourth-order valence-electron chi connectivity index (χ4n) is 4.81. The molecular weight excluding hydrogens is 631 g/mol. The minimum Gasteiger partial charge on any atom is -1.00 e. The van der Waals surface area contributed by atoms with Gasteiger partial charge in [-0.25, -0.2) is 0 Å². The number of fused-ring (bicyclic) bond motifs is 1. The van der Waals surface area contributed by atoms with E-state index >= 15 is 0 Å². The van der Waals surface area contributed by atoms with Gasteiger partial charge in [-0.1, -0.05) is 0 Å². The third-order valence-corrected chi connectivity index (χ3v) is 12.3. The van der Waals surface area contributed by atoms with Gasteiger partial charge >= 0.3 is 193 Å². The standard InChI is InChI=1S/C12H13.C12H19.2BrH.2Zr/c1-8-6-11-9(2)4-5-10(3)12(11)7-8;1-6-7-12-10(4)8(2)9(3)11(12)5;;;;/h4-7H,1-3H3;6-7H2,1-5H3;2*1H;;/q;;;;+2;+4/p-2. The zero-order chi connectivity index (χ0) is 18.5. The maximum absolute atomic E-state index is 2.58. The number of hydrogen-bond acceptors (Lipinski definition) is 0. The van der Waals surface area contributed by atoms with E-state index in [0.717, 1.165) is 3.63 Å². The summed E-state index contributed by atoms with van der Waals surface area (Å²) < 4.78 is 1.11. The molecule has 2 aliphatic carbocycles. The van der Waals surface area contributed by atoms with Gasteiger partial charge in [0, 0.05) is 0 Å². The summed E-state index contributed by atoms with van der Waals surface area (Å²) in [5, 5.41) is 0. The fourth-order valence-corrected chi connectivity index (χ4v) is 10.5. The molecule has 2 atom stereocenters. The molecule has 2 aliphatic rings. The van der Waals surface area contributed by atoms with Crippen LogP contribution in [-0.4, -0.2) is 0 Å². The third kappa shape index (κ3) is 4.81. The first-order chi connectivity index (χ1) is 11.7. The molecule has 1 aromatic carbocycles. The number of halogens is 2. The Balaban J connectivity index is 0.00000243. The molecule has 0 aliphatic heterocycles. The van der Waals surface area contributed by atoms with Crippen molar-refractivity contribution in [3.8, 4) is 0 Å². The van der Waals surface area contributed by atoms with Gasteiger partial charge in [-0.15, -0.1) is 0 Å². The van der Waals surface area contributed by atoms with E-state index < -0.39 is 23.2 Å². The maximum Gasteiger partial charge on any atom is 4.00 e. The molecular formula is C24H32Br2Zr2+4. The molecule has 0 saturated heterocycles. The van der Waals surface area contributed by atoms with E-state index in [9.17, 15) is 0 Å². The second kappa shape index (κ2) is 11.2. The number of aryl methyl sites for hydroxylation is 2. The van der Waals surface area contributed by atoms with Gasteiger partial charge in [-0.3, -0.25) is 0 Å². The Morgan fingerprint density at radius 1 is 0.929 bits per heavy atom. The van der Waals surface area contributed by atoms with Gasteiger partial charge in [0.05, 0.1) is 0 Å². The summed E-state index contributed by atoms with van der Waals surface area (Å²) in [5.41, 5.74) is 14.4. The molecule has 3 rings (SSSR count). The monoisotopic (exact) mass is 658 g/mol. The molecule has 4 heteroatoms. The SMILES string of the molecule is CCCC1=C(C)C(C)=C(C)[C]1(C)[Zr+2][CH]1C(C)=Cc2c(C)ccc(C)c21.[Br-].[Br-].[Zr+4]. The summed E-state index contributed by atoms with van der Waals surface area (Å²) in [4.78, 5) is 0. The molecule has 28 heavy (non-hydrogen) atoms. The zero-order valence-electron chi connectivity index (χ0n) is 18.5. The van der Waals surface area contributed by atoms with Gasteiger partial charge in [-0.05, 0) is 0 Å². The molecule has 2 unspecified atom stereocenters. The third-order valence-electron chi connectivity index (χ3n) is 6.70. The topological polar surface area (TPSA) is 0 Å². The van der Waals surface area contributed by atoms with Crippen LogP contribution in [0.5, 0.6) is 0 Å². The van der Waals surface area contributed by atoms with E-state index in [1.54, 1.807) is 33.4 Å². The van der Waals surface area contributed by atoms with Crippen molar-refractivity contribution in [2.24, 2.45) is 0 Å². The van der Waals surface area contributed by atoms with E-state index in [1.165, 1.54) is 29.5 Å². The van der Waals surface area contributed by atoms with Crippen LogP contribution < -0.4 is 34.0 Å². The normalized spacial score (nSPS) is 22.7. The Hall–Kier alpha value is 1.17. The van der Waals surface area contributed by atoms with Crippen LogP contribution in [0, 0.1) is 13.8 Å². The molecule has 0 nitrogen and oxygen atoms in total. The van der Waals surface area contributed by atoms with Gasteiger partial charge in [-0.2, -0.15) is 0 Å². The van der Waals surface area contributed by atoms with Crippen LogP contribution in [0.3, 0.4) is 0 Å². The molecule has 0 radical (unpaired) electrons. The minimum atomic E-state index is -0.747. The summed E-state index contributed by atoms with van der Waals surface area (Å²) in [5.74, 6) is 0. The molecule has 0 spiro atoms. The Morgan fingerprint density at radius 2 is 1.50 bits per heavy atom. The first-order valence-corrected chi connectivity index (χ1v) is 12.3. The summed E-state index contributed by atoms with van der Waals surface area (Å²) in [6.45, 7) is 19.0. The van der Waals surface area contributed by atoms with E-state index in [0.29, 0.717) is 3.12 Å². The van der Waals surface area contributed by atoms with Gasteiger partial charge in [0.1, 0.15) is 0 Å². The maximum atomic E-state index is 2.58. The van der Waals surface area contributed by atoms with Gasteiger partial charge in [0.2, 0.25) is 0 Å². The molecule has 146 valence electrons. The second-order valence-electron chi connectivity index (χ2n) is 8.22. The van der Waals surface area contributed by atoms with E-state index in [-0.39, 0.29) is 60.2 Å². The number of benzene rings is 1. The van der Waals surface area contributed by atoms with Crippen LogP contribution in [-0.2, 0) is 49.4 Å². The molecule has 0 N–H and O–H groups in total. The van der Waals surface area contributed by atoms with Crippen LogP contribution in [0.2, 0.25) is 3.12 Å². The van der Waals surface area contributed by atoms with Crippen molar-refractivity contribution < 1.29 is 83.4 Å². The van der Waals surface area contributed by atoms with Gasteiger partial charge < -0.3 is 34.0 Å². The summed E-state index contributed by atoms with van der Waals surface area (Å²) >= 11 is -0.747. The van der Waals surface area contributed by atoms with Crippen molar-refractivity contribution >= 4 is 6.08 Å². The molecule has 0 bridgehead atoms. The Kier molecular flexibility index (Phi) is 11.6. The van der Waals surface area contributed by atoms with Crippen LogP contribution in [0.4, 0.5) is 0 Å². The molecule has 0 fully saturated rings. The first-order valence-electron chi connectivity index (χ1n) is 9.66.